The molecule has 1 atom stereocenters. The number of rotatable bonds is 5. The van der Waals surface area contributed by atoms with Crippen LogP contribution in [0.3, 0.4) is 0 Å². The molecule has 1 aliphatic heterocycles. The zero-order chi connectivity index (χ0) is 19.0. The van der Waals surface area contributed by atoms with Crippen molar-refractivity contribution < 1.29 is 13.9 Å². The fraction of sp³-hybridized carbons (Fsp3) is 0.556. The predicted octanol–water partition coefficient (Wildman–Crippen LogP) is 3.00. The Kier molecular flexibility index (Phi) is 4.67. The van der Waals surface area contributed by atoms with Gasteiger partial charge in [-0.25, -0.2) is 4.98 Å². The van der Waals surface area contributed by atoms with Gasteiger partial charge in [0.15, 0.2) is 0 Å². The van der Waals surface area contributed by atoms with Crippen molar-refractivity contribution in [3.63, 3.8) is 0 Å². The summed E-state index contributed by atoms with van der Waals surface area (Å²) in [7, 11) is 1.51. The molecule has 1 aliphatic carbocycles. The number of hydrogen-bond acceptors (Lipinski definition) is 7. The molecule has 2 fully saturated rings. The van der Waals surface area contributed by atoms with Gasteiger partial charge < -0.3 is 19.4 Å². The number of aromatic nitrogens is 3. The smallest absolute Gasteiger partial charge is 0.316 e. The fourth-order valence-corrected chi connectivity index (χ4v) is 3.65. The van der Waals surface area contributed by atoms with Crippen LogP contribution in [0.5, 0.6) is 5.88 Å². The monoisotopic (exact) mass is 391 g/mol. The number of halogens is 1. The Hall–Kier alpha value is -2.35. The third-order valence-corrected chi connectivity index (χ3v) is 5.77. The normalized spacial score (nSPS) is 19.0. The number of amides is 1. The molecule has 0 aromatic carbocycles. The van der Waals surface area contributed by atoms with E-state index in [9.17, 15) is 4.79 Å². The van der Waals surface area contributed by atoms with Gasteiger partial charge in [-0.2, -0.15) is 0 Å². The van der Waals surface area contributed by atoms with Crippen molar-refractivity contribution in [3.05, 3.63) is 17.2 Å². The topological polar surface area (TPSA) is 93.4 Å². The van der Waals surface area contributed by atoms with Crippen LogP contribution in [0.15, 0.2) is 16.5 Å². The summed E-state index contributed by atoms with van der Waals surface area (Å²) >= 11 is 6.16. The first-order valence-corrected chi connectivity index (χ1v) is 9.47. The van der Waals surface area contributed by atoms with Gasteiger partial charge in [0.05, 0.1) is 12.1 Å². The number of piperidine rings is 1. The van der Waals surface area contributed by atoms with Crippen molar-refractivity contribution in [1.82, 2.24) is 20.1 Å². The Bertz CT molecular complexity index is 841. The van der Waals surface area contributed by atoms with E-state index in [2.05, 4.69) is 20.5 Å². The van der Waals surface area contributed by atoms with Crippen LogP contribution in [0.1, 0.15) is 32.6 Å². The maximum Gasteiger partial charge on any atom is 0.316 e. The van der Waals surface area contributed by atoms with E-state index in [-0.39, 0.29) is 17.8 Å². The van der Waals surface area contributed by atoms with Crippen LogP contribution < -0.4 is 10.1 Å². The number of anilines is 1. The van der Waals surface area contributed by atoms with E-state index in [4.69, 9.17) is 20.8 Å². The number of carbonyl (C=O) groups excluding carboxylic acids is 1. The molecule has 144 valence electrons. The molecule has 1 saturated carbocycles. The molecule has 0 unspecified atom stereocenters. The first-order valence-electron chi connectivity index (χ1n) is 9.09. The Morgan fingerprint density at radius 1 is 1.30 bits per heavy atom. The lowest BCUT2D eigenvalue weighted by molar-refractivity contribution is -0.133. The molecule has 3 heterocycles. The summed E-state index contributed by atoms with van der Waals surface area (Å²) in [5, 5.41) is 11.3. The molecule has 1 spiro atoms. The Labute approximate surface area is 162 Å². The maximum atomic E-state index is 12.7. The number of likely N-dealkylation sites (tertiary alicyclic amines) is 1. The molecule has 1 N–H and O–H groups in total. The van der Waals surface area contributed by atoms with Gasteiger partial charge in [0.1, 0.15) is 11.7 Å². The SMILES string of the molecule is COc1ccc(Cl)c(-c2nnc(N[C@@H](C)C(=O)N3CCC4(CC3)CC4)o2)n1. The number of carbonyl (C=O) groups is 1. The lowest BCUT2D eigenvalue weighted by atomic mass is 9.93. The molecule has 1 amide bonds. The molecular weight excluding hydrogens is 370 g/mol. The Balaban J connectivity index is 1.40. The molecule has 4 rings (SSSR count). The number of hydrogen-bond donors (Lipinski definition) is 1. The Morgan fingerprint density at radius 3 is 2.70 bits per heavy atom. The van der Waals surface area contributed by atoms with Crippen LogP contribution in [0.2, 0.25) is 5.02 Å². The highest BCUT2D eigenvalue weighted by molar-refractivity contribution is 6.32. The second-order valence-electron chi connectivity index (χ2n) is 7.29. The molecule has 2 aromatic heterocycles. The highest BCUT2D eigenvalue weighted by atomic mass is 35.5. The average molecular weight is 392 g/mol. The van der Waals surface area contributed by atoms with Gasteiger partial charge >= 0.3 is 6.01 Å². The van der Waals surface area contributed by atoms with Crippen molar-refractivity contribution in [2.24, 2.45) is 5.41 Å². The zero-order valence-electron chi connectivity index (χ0n) is 15.4. The molecule has 0 radical (unpaired) electrons. The van der Waals surface area contributed by atoms with Gasteiger partial charge in [-0.05, 0) is 44.1 Å². The summed E-state index contributed by atoms with van der Waals surface area (Å²) in [6.07, 6.45) is 4.84. The van der Waals surface area contributed by atoms with Crippen molar-refractivity contribution in [1.29, 1.82) is 0 Å². The van der Waals surface area contributed by atoms with E-state index in [1.54, 1.807) is 19.1 Å². The minimum Gasteiger partial charge on any atom is -0.481 e. The first kappa shape index (κ1) is 18.0. The first-order chi connectivity index (χ1) is 13.0. The van der Waals surface area contributed by atoms with Crippen molar-refractivity contribution in [3.8, 4) is 17.5 Å². The summed E-state index contributed by atoms with van der Waals surface area (Å²) in [6.45, 7) is 3.44. The minimum absolute atomic E-state index is 0.0442. The van der Waals surface area contributed by atoms with E-state index < -0.39 is 6.04 Å². The van der Waals surface area contributed by atoms with Gasteiger partial charge in [0, 0.05) is 19.2 Å². The second-order valence-corrected chi connectivity index (χ2v) is 7.69. The van der Waals surface area contributed by atoms with E-state index in [1.807, 2.05) is 4.90 Å². The van der Waals surface area contributed by atoms with E-state index in [1.165, 1.54) is 20.0 Å². The van der Waals surface area contributed by atoms with Crippen molar-refractivity contribution in [2.45, 2.75) is 38.6 Å². The molecule has 2 aliphatic rings. The van der Waals surface area contributed by atoms with Crippen molar-refractivity contribution in [2.75, 3.05) is 25.5 Å². The summed E-state index contributed by atoms with van der Waals surface area (Å²) in [4.78, 5) is 18.8. The fourth-order valence-electron chi connectivity index (χ4n) is 3.46. The summed E-state index contributed by atoms with van der Waals surface area (Å²) in [5.41, 5.74) is 0.874. The number of nitrogens with zero attached hydrogens (tertiary/aromatic N) is 4. The molecular formula is C18H22ClN5O3. The highest BCUT2D eigenvalue weighted by Gasteiger charge is 2.45. The number of nitrogens with one attached hydrogen (secondary N) is 1. The van der Waals surface area contributed by atoms with Crippen LogP contribution in [0, 0.1) is 5.41 Å². The highest BCUT2D eigenvalue weighted by Crippen LogP contribution is 2.53. The van der Waals surface area contributed by atoms with Gasteiger partial charge in [-0.15, -0.1) is 5.10 Å². The van der Waals surface area contributed by atoms with Crippen LogP contribution >= 0.6 is 11.6 Å². The number of pyridine rings is 1. The summed E-state index contributed by atoms with van der Waals surface area (Å²) < 4.78 is 10.7. The van der Waals surface area contributed by atoms with Crippen LogP contribution in [0.25, 0.3) is 11.6 Å². The molecule has 2 aromatic rings. The molecule has 1 saturated heterocycles. The van der Waals surface area contributed by atoms with Gasteiger partial charge in [0.2, 0.25) is 11.8 Å². The van der Waals surface area contributed by atoms with E-state index in [0.717, 1.165) is 25.9 Å². The van der Waals surface area contributed by atoms with E-state index >= 15 is 0 Å². The van der Waals surface area contributed by atoms with Gasteiger partial charge in [0.25, 0.3) is 5.89 Å². The third kappa shape index (κ3) is 3.71. The molecule has 27 heavy (non-hydrogen) atoms. The largest absolute Gasteiger partial charge is 0.481 e. The molecule has 9 heteroatoms. The number of methoxy groups -OCH3 is 1. The van der Waals surface area contributed by atoms with Crippen LogP contribution in [0.4, 0.5) is 6.01 Å². The average Bonchev–Trinajstić information content (AvgIpc) is 3.27. The van der Waals surface area contributed by atoms with Crippen molar-refractivity contribution >= 4 is 23.5 Å². The minimum atomic E-state index is -0.458. The quantitative estimate of drug-likeness (QED) is 0.837. The summed E-state index contributed by atoms with van der Waals surface area (Å²) in [5.74, 6) is 0.599. The molecule has 8 nitrogen and oxygen atoms in total. The maximum absolute atomic E-state index is 12.7. The standard InChI is InChI=1S/C18H22ClN5O3/c1-11(16(25)24-9-7-18(5-6-18)8-10-24)20-17-23-22-15(27-17)14-12(19)3-4-13(21-14)26-2/h3-4,11H,5-10H2,1-2H3,(H,20,23)/t11-/m0/s1. The lowest BCUT2D eigenvalue weighted by Crippen LogP contribution is -2.45. The third-order valence-electron chi connectivity index (χ3n) is 5.46. The van der Waals surface area contributed by atoms with E-state index in [0.29, 0.717) is 22.0 Å². The molecule has 0 bridgehead atoms. The predicted molar refractivity (Wildman–Crippen MR) is 99.7 cm³/mol. The van der Waals surface area contributed by atoms with Gasteiger partial charge in [-0.1, -0.05) is 16.7 Å². The van der Waals surface area contributed by atoms with Gasteiger partial charge in [-0.3, -0.25) is 4.79 Å². The summed E-state index contributed by atoms with van der Waals surface area (Å²) in [6, 6.07) is 2.99. The van der Waals surface area contributed by atoms with Crippen LogP contribution in [-0.2, 0) is 4.79 Å². The Morgan fingerprint density at radius 2 is 2.04 bits per heavy atom. The van der Waals surface area contributed by atoms with Crippen LogP contribution in [-0.4, -0.2) is 52.2 Å². The zero-order valence-corrected chi connectivity index (χ0v) is 16.1. The number of ether oxygens (including phenoxy) is 1. The lowest BCUT2D eigenvalue weighted by Gasteiger charge is -2.33. The second kappa shape index (κ2) is 6.99.